The molecule has 0 unspecified atom stereocenters. The molecule has 0 saturated heterocycles. The average Bonchev–Trinajstić information content (AvgIpc) is 2.71. The van der Waals surface area contributed by atoms with Crippen molar-refractivity contribution in [1.82, 2.24) is 4.98 Å². The second kappa shape index (κ2) is 7.49. The second-order valence-electron chi connectivity index (χ2n) is 5.61. The topological polar surface area (TPSA) is 70.0 Å². The zero-order valence-corrected chi connectivity index (χ0v) is 15.1. The molecule has 3 rings (SSSR count). The van der Waals surface area contributed by atoms with Crippen molar-refractivity contribution in [2.24, 2.45) is 0 Å². The monoisotopic (exact) mass is 355 g/mol. The molecular formula is C20H21NO5. The Kier molecular flexibility index (Phi) is 5.14. The maximum absolute atomic E-state index is 10.9. The Morgan fingerprint density at radius 1 is 0.808 bits per heavy atom. The molecule has 0 bridgehead atoms. The first-order chi connectivity index (χ1) is 12.6. The molecule has 1 heterocycles. The number of aliphatic hydroxyl groups excluding tert-OH is 1. The summed E-state index contributed by atoms with van der Waals surface area (Å²) in [6.45, 7) is 0. The van der Waals surface area contributed by atoms with E-state index in [1.165, 1.54) is 0 Å². The van der Waals surface area contributed by atoms with E-state index in [1.54, 1.807) is 52.8 Å². The van der Waals surface area contributed by atoms with Gasteiger partial charge in [-0.1, -0.05) is 12.1 Å². The second-order valence-corrected chi connectivity index (χ2v) is 5.61. The highest BCUT2D eigenvalue weighted by Gasteiger charge is 2.21. The van der Waals surface area contributed by atoms with Crippen LogP contribution in [0.2, 0.25) is 0 Å². The fourth-order valence-corrected chi connectivity index (χ4v) is 2.98. The Labute approximate surface area is 151 Å². The van der Waals surface area contributed by atoms with E-state index >= 15 is 0 Å². The third-order valence-electron chi connectivity index (χ3n) is 4.29. The Morgan fingerprint density at radius 2 is 1.50 bits per heavy atom. The molecule has 1 N–H and O–H groups in total. The SMILES string of the molecule is COc1ccc([C@H](O)c2nccc3c(OC)c(OC)c(OC)cc23)cc1. The van der Waals surface area contributed by atoms with Crippen molar-refractivity contribution in [1.29, 1.82) is 0 Å². The Balaban J connectivity index is 2.19. The fourth-order valence-electron chi connectivity index (χ4n) is 2.98. The van der Waals surface area contributed by atoms with Crippen molar-refractivity contribution >= 4 is 10.8 Å². The number of ether oxygens (including phenoxy) is 4. The van der Waals surface area contributed by atoms with Crippen molar-refractivity contribution in [2.45, 2.75) is 6.10 Å². The number of aromatic nitrogens is 1. The van der Waals surface area contributed by atoms with Gasteiger partial charge in [0.05, 0.1) is 34.1 Å². The standard InChI is InChI=1S/C20H21NO5/c1-23-13-7-5-12(6-8-13)18(22)17-15-11-16(24-2)20(26-4)19(25-3)14(15)9-10-21-17/h5-11,18,22H,1-4H3/t18-/m0/s1. The van der Waals surface area contributed by atoms with E-state index in [1.807, 2.05) is 18.2 Å². The molecule has 26 heavy (non-hydrogen) atoms. The van der Waals surface area contributed by atoms with Gasteiger partial charge in [0.15, 0.2) is 11.5 Å². The number of aliphatic hydroxyl groups is 1. The Morgan fingerprint density at radius 3 is 2.08 bits per heavy atom. The largest absolute Gasteiger partial charge is 0.497 e. The van der Waals surface area contributed by atoms with Gasteiger partial charge < -0.3 is 24.1 Å². The van der Waals surface area contributed by atoms with Gasteiger partial charge in [-0.2, -0.15) is 0 Å². The third kappa shape index (κ3) is 2.99. The minimum atomic E-state index is -0.910. The van der Waals surface area contributed by atoms with Gasteiger partial charge in [0, 0.05) is 17.0 Å². The molecule has 0 aliphatic heterocycles. The molecule has 0 radical (unpaired) electrons. The molecule has 1 atom stereocenters. The molecule has 3 aromatic rings. The summed E-state index contributed by atoms with van der Waals surface area (Å²) in [5.41, 5.74) is 1.21. The minimum absolute atomic E-state index is 0.499. The molecule has 0 aliphatic rings. The highest BCUT2D eigenvalue weighted by Crippen LogP contribution is 2.44. The van der Waals surface area contributed by atoms with E-state index in [0.29, 0.717) is 28.5 Å². The van der Waals surface area contributed by atoms with E-state index < -0.39 is 6.10 Å². The normalized spacial score (nSPS) is 11.9. The molecular weight excluding hydrogens is 334 g/mol. The summed E-state index contributed by atoms with van der Waals surface area (Å²) in [6.07, 6.45) is 0.728. The zero-order chi connectivity index (χ0) is 18.7. The van der Waals surface area contributed by atoms with Crippen LogP contribution < -0.4 is 18.9 Å². The number of methoxy groups -OCH3 is 4. The molecule has 0 amide bonds. The highest BCUT2D eigenvalue weighted by molar-refractivity contribution is 5.94. The Bertz CT molecular complexity index is 908. The van der Waals surface area contributed by atoms with Crippen molar-refractivity contribution in [2.75, 3.05) is 28.4 Å². The molecule has 0 spiro atoms. The van der Waals surface area contributed by atoms with Crippen LogP contribution in [0, 0.1) is 0 Å². The maximum Gasteiger partial charge on any atom is 0.203 e. The smallest absolute Gasteiger partial charge is 0.203 e. The van der Waals surface area contributed by atoms with Gasteiger partial charge in [-0.15, -0.1) is 0 Å². The third-order valence-corrected chi connectivity index (χ3v) is 4.29. The van der Waals surface area contributed by atoms with E-state index in [0.717, 1.165) is 16.5 Å². The number of hydrogen-bond donors (Lipinski definition) is 1. The first-order valence-corrected chi connectivity index (χ1v) is 8.04. The van der Waals surface area contributed by atoms with Gasteiger partial charge in [0.1, 0.15) is 11.9 Å². The number of benzene rings is 2. The van der Waals surface area contributed by atoms with E-state index in [4.69, 9.17) is 18.9 Å². The zero-order valence-electron chi connectivity index (χ0n) is 15.1. The quantitative estimate of drug-likeness (QED) is 0.731. The van der Waals surface area contributed by atoms with Crippen LogP contribution in [0.4, 0.5) is 0 Å². The first kappa shape index (κ1) is 17.8. The van der Waals surface area contributed by atoms with Crippen LogP contribution >= 0.6 is 0 Å². The number of fused-ring (bicyclic) bond motifs is 1. The van der Waals surface area contributed by atoms with Gasteiger partial charge in [-0.3, -0.25) is 4.98 Å². The average molecular weight is 355 g/mol. The van der Waals surface area contributed by atoms with E-state index in [-0.39, 0.29) is 0 Å². The van der Waals surface area contributed by atoms with Gasteiger partial charge in [0.2, 0.25) is 5.75 Å². The van der Waals surface area contributed by atoms with Crippen molar-refractivity contribution in [3.8, 4) is 23.0 Å². The van der Waals surface area contributed by atoms with Crippen molar-refractivity contribution in [3.05, 3.63) is 53.9 Å². The van der Waals surface area contributed by atoms with Crippen LogP contribution in [0.1, 0.15) is 17.4 Å². The molecule has 0 aliphatic carbocycles. The lowest BCUT2D eigenvalue weighted by atomic mass is 9.99. The number of rotatable bonds is 6. The molecule has 136 valence electrons. The van der Waals surface area contributed by atoms with Crippen molar-refractivity contribution in [3.63, 3.8) is 0 Å². The number of pyridine rings is 1. The van der Waals surface area contributed by atoms with Gasteiger partial charge in [0.25, 0.3) is 0 Å². The van der Waals surface area contributed by atoms with Crippen LogP contribution in [0.15, 0.2) is 42.6 Å². The summed E-state index contributed by atoms with van der Waals surface area (Å²) < 4.78 is 21.6. The van der Waals surface area contributed by atoms with Crippen LogP contribution in [0.3, 0.4) is 0 Å². The molecule has 0 saturated carbocycles. The van der Waals surface area contributed by atoms with Gasteiger partial charge in [-0.25, -0.2) is 0 Å². The van der Waals surface area contributed by atoms with Gasteiger partial charge in [-0.05, 0) is 29.8 Å². The summed E-state index contributed by atoms with van der Waals surface area (Å²) in [4.78, 5) is 4.40. The first-order valence-electron chi connectivity index (χ1n) is 8.04. The maximum atomic E-state index is 10.9. The predicted octanol–water partition coefficient (Wildman–Crippen LogP) is 3.35. The summed E-state index contributed by atoms with van der Waals surface area (Å²) >= 11 is 0. The summed E-state index contributed by atoms with van der Waals surface area (Å²) in [6, 6.07) is 10.8. The van der Waals surface area contributed by atoms with Crippen LogP contribution in [-0.4, -0.2) is 38.5 Å². The molecule has 0 fully saturated rings. The van der Waals surface area contributed by atoms with Crippen molar-refractivity contribution < 1.29 is 24.1 Å². The summed E-state index contributed by atoms with van der Waals surface area (Å²) in [5, 5.41) is 12.4. The highest BCUT2D eigenvalue weighted by atomic mass is 16.5. The number of hydrogen-bond acceptors (Lipinski definition) is 6. The Hall–Kier alpha value is -2.99. The lowest BCUT2D eigenvalue weighted by Gasteiger charge is -2.18. The summed E-state index contributed by atoms with van der Waals surface area (Å²) in [5.74, 6) is 2.26. The number of nitrogens with zero attached hydrogens (tertiary/aromatic N) is 1. The van der Waals surface area contributed by atoms with E-state index in [2.05, 4.69) is 4.98 Å². The fraction of sp³-hybridized carbons (Fsp3) is 0.250. The molecule has 6 nitrogen and oxygen atoms in total. The summed E-state index contributed by atoms with van der Waals surface area (Å²) in [7, 11) is 6.28. The van der Waals surface area contributed by atoms with Crippen LogP contribution in [0.5, 0.6) is 23.0 Å². The minimum Gasteiger partial charge on any atom is -0.497 e. The molecule has 2 aromatic carbocycles. The lowest BCUT2D eigenvalue weighted by Crippen LogP contribution is -2.05. The molecule has 1 aromatic heterocycles. The van der Waals surface area contributed by atoms with Crippen LogP contribution in [0.25, 0.3) is 10.8 Å². The van der Waals surface area contributed by atoms with Gasteiger partial charge >= 0.3 is 0 Å². The lowest BCUT2D eigenvalue weighted by molar-refractivity contribution is 0.217. The van der Waals surface area contributed by atoms with Crippen LogP contribution in [-0.2, 0) is 0 Å². The van der Waals surface area contributed by atoms with E-state index in [9.17, 15) is 5.11 Å². The predicted molar refractivity (Wildman–Crippen MR) is 98.5 cm³/mol. The molecule has 6 heteroatoms.